The Kier molecular flexibility index (Phi) is 3.43. The number of hydrogen-bond acceptors (Lipinski definition) is 5. The summed E-state index contributed by atoms with van der Waals surface area (Å²) in [6, 6.07) is 5.64. The van der Waals surface area contributed by atoms with Gasteiger partial charge in [-0.2, -0.15) is 5.26 Å². The second-order valence-electron chi connectivity index (χ2n) is 5.00. The van der Waals surface area contributed by atoms with Crippen LogP contribution in [-0.2, 0) is 0 Å². The standard InChI is InChI=1S/C16H13N3O2S/c1-8-4-5-12(21-8)6-11(7-17)14-18-15(20)13-9(2)10(3)22-16(13)19-14/h4-6H,1-3H3,(H,18,19,20)/b11-6+. The molecule has 5 nitrogen and oxygen atoms in total. The molecule has 110 valence electrons. The minimum atomic E-state index is -0.223. The molecule has 0 atom stereocenters. The summed E-state index contributed by atoms with van der Waals surface area (Å²) < 4.78 is 5.43. The van der Waals surface area contributed by atoms with Gasteiger partial charge in [-0.15, -0.1) is 11.3 Å². The van der Waals surface area contributed by atoms with Crippen LogP contribution in [-0.4, -0.2) is 9.97 Å². The number of nitrogens with zero attached hydrogens (tertiary/aromatic N) is 2. The van der Waals surface area contributed by atoms with E-state index in [-0.39, 0.29) is 17.0 Å². The average Bonchev–Trinajstić information content (AvgIpc) is 3.00. The molecule has 0 unspecified atom stereocenters. The van der Waals surface area contributed by atoms with E-state index < -0.39 is 0 Å². The molecule has 0 aliphatic rings. The zero-order valence-corrected chi connectivity index (χ0v) is 13.2. The number of aromatic nitrogens is 2. The predicted octanol–water partition coefficient (Wildman–Crippen LogP) is 3.57. The van der Waals surface area contributed by atoms with E-state index in [2.05, 4.69) is 16.0 Å². The summed E-state index contributed by atoms with van der Waals surface area (Å²) in [5, 5.41) is 9.95. The smallest absolute Gasteiger partial charge is 0.260 e. The zero-order chi connectivity index (χ0) is 15.9. The van der Waals surface area contributed by atoms with Gasteiger partial charge in [0, 0.05) is 11.0 Å². The Morgan fingerprint density at radius 2 is 2.18 bits per heavy atom. The first kappa shape index (κ1) is 14.3. The molecule has 1 N–H and O–H groups in total. The second-order valence-corrected chi connectivity index (χ2v) is 6.20. The fraction of sp³-hybridized carbons (Fsp3) is 0.188. The van der Waals surface area contributed by atoms with Gasteiger partial charge in [0.1, 0.15) is 22.4 Å². The van der Waals surface area contributed by atoms with Crippen LogP contribution in [0.3, 0.4) is 0 Å². The van der Waals surface area contributed by atoms with Gasteiger partial charge in [-0.3, -0.25) is 4.79 Å². The lowest BCUT2D eigenvalue weighted by molar-refractivity contribution is 0.525. The van der Waals surface area contributed by atoms with Gasteiger partial charge in [-0.05, 0) is 38.5 Å². The number of allylic oxidation sites excluding steroid dienone is 1. The van der Waals surface area contributed by atoms with E-state index in [0.29, 0.717) is 16.0 Å². The molecule has 3 aromatic rings. The summed E-state index contributed by atoms with van der Waals surface area (Å²) in [6.45, 7) is 5.68. The van der Waals surface area contributed by atoms with E-state index in [1.54, 1.807) is 12.1 Å². The van der Waals surface area contributed by atoms with Gasteiger partial charge in [-0.1, -0.05) is 0 Å². The molecule has 0 saturated carbocycles. The van der Waals surface area contributed by atoms with Gasteiger partial charge in [0.25, 0.3) is 5.56 Å². The van der Waals surface area contributed by atoms with Crippen molar-refractivity contribution in [3.05, 3.63) is 50.3 Å². The number of aromatic amines is 1. The van der Waals surface area contributed by atoms with Crippen molar-refractivity contribution >= 4 is 33.2 Å². The maximum atomic E-state index is 12.3. The first-order valence-corrected chi connectivity index (χ1v) is 7.50. The minimum Gasteiger partial charge on any atom is -0.462 e. The summed E-state index contributed by atoms with van der Waals surface area (Å²) in [6.07, 6.45) is 1.57. The van der Waals surface area contributed by atoms with E-state index in [1.807, 2.05) is 26.8 Å². The fourth-order valence-electron chi connectivity index (χ4n) is 2.21. The lowest BCUT2D eigenvalue weighted by Gasteiger charge is -1.99. The first-order chi connectivity index (χ1) is 10.5. The molecular formula is C16H13N3O2S. The summed E-state index contributed by atoms with van der Waals surface area (Å²) in [5.74, 6) is 1.57. The Balaban J connectivity index is 2.18. The third-order valence-electron chi connectivity index (χ3n) is 3.46. The number of H-pyrrole nitrogens is 1. The van der Waals surface area contributed by atoms with E-state index >= 15 is 0 Å². The molecule has 0 aromatic carbocycles. The number of nitriles is 1. The third kappa shape index (κ3) is 2.36. The van der Waals surface area contributed by atoms with Crippen LogP contribution in [0.15, 0.2) is 21.3 Å². The Hall–Kier alpha value is -2.65. The van der Waals surface area contributed by atoms with E-state index in [1.165, 1.54) is 11.3 Å². The molecular weight excluding hydrogens is 298 g/mol. The first-order valence-electron chi connectivity index (χ1n) is 6.68. The highest BCUT2D eigenvalue weighted by molar-refractivity contribution is 7.18. The van der Waals surface area contributed by atoms with Crippen LogP contribution in [0.1, 0.15) is 27.8 Å². The van der Waals surface area contributed by atoms with Crippen molar-refractivity contribution < 1.29 is 4.42 Å². The zero-order valence-electron chi connectivity index (χ0n) is 12.4. The van der Waals surface area contributed by atoms with Crippen LogP contribution in [0.4, 0.5) is 0 Å². The van der Waals surface area contributed by atoms with Crippen molar-refractivity contribution in [3.8, 4) is 6.07 Å². The SMILES string of the molecule is Cc1ccc(/C=C(\C#N)c2nc3sc(C)c(C)c3c(=O)[nH]2)o1. The van der Waals surface area contributed by atoms with E-state index in [4.69, 9.17) is 4.42 Å². The van der Waals surface area contributed by atoms with Gasteiger partial charge in [0.15, 0.2) is 5.82 Å². The van der Waals surface area contributed by atoms with Crippen molar-refractivity contribution in [3.63, 3.8) is 0 Å². The van der Waals surface area contributed by atoms with Crippen molar-refractivity contribution in [2.45, 2.75) is 20.8 Å². The van der Waals surface area contributed by atoms with Crippen LogP contribution in [0, 0.1) is 32.1 Å². The van der Waals surface area contributed by atoms with Crippen LogP contribution >= 0.6 is 11.3 Å². The van der Waals surface area contributed by atoms with E-state index in [0.717, 1.165) is 16.2 Å². The number of fused-ring (bicyclic) bond motifs is 1. The summed E-state index contributed by atoms with van der Waals surface area (Å²) >= 11 is 1.45. The number of furan rings is 1. The summed E-state index contributed by atoms with van der Waals surface area (Å²) in [7, 11) is 0. The molecule has 0 aliphatic heterocycles. The van der Waals surface area contributed by atoms with Crippen molar-refractivity contribution in [2.24, 2.45) is 0 Å². The Bertz CT molecular complexity index is 999. The van der Waals surface area contributed by atoms with E-state index in [9.17, 15) is 10.1 Å². The molecule has 0 fully saturated rings. The Morgan fingerprint density at radius 1 is 1.41 bits per heavy atom. The molecule has 0 spiro atoms. The van der Waals surface area contributed by atoms with Crippen LogP contribution in [0.25, 0.3) is 21.9 Å². The summed E-state index contributed by atoms with van der Waals surface area (Å²) in [4.78, 5) is 21.1. The average molecular weight is 311 g/mol. The predicted molar refractivity (Wildman–Crippen MR) is 86.6 cm³/mol. The molecule has 0 amide bonds. The minimum absolute atomic E-state index is 0.223. The highest BCUT2D eigenvalue weighted by Crippen LogP contribution is 2.27. The lowest BCUT2D eigenvalue weighted by atomic mass is 10.2. The summed E-state index contributed by atoms with van der Waals surface area (Å²) in [5.41, 5.74) is 0.972. The molecule has 22 heavy (non-hydrogen) atoms. The normalized spacial score (nSPS) is 11.8. The number of nitrogens with one attached hydrogen (secondary N) is 1. The Labute approximate surface area is 130 Å². The van der Waals surface area contributed by atoms with Crippen molar-refractivity contribution in [2.75, 3.05) is 0 Å². The fourth-order valence-corrected chi connectivity index (χ4v) is 3.24. The maximum absolute atomic E-state index is 12.3. The number of thiophene rings is 1. The molecule has 0 saturated heterocycles. The molecule has 3 rings (SSSR count). The highest BCUT2D eigenvalue weighted by atomic mass is 32.1. The molecule has 3 heterocycles. The monoisotopic (exact) mass is 311 g/mol. The second kappa shape index (κ2) is 5.28. The van der Waals surface area contributed by atoms with Gasteiger partial charge in [0.2, 0.25) is 0 Å². The molecule has 0 bridgehead atoms. The van der Waals surface area contributed by atoms with Gasteiger partial charge >= 0.3 is 0 Å². The quantitative estimate of drug-likeness (QED) is 0.733. The molecule has 0 radical (unpaired) electrons. The van der Waals surface area contributed by atoms with Crippen molar-refractivity contribution in [1.29, 1.82) is 5.26 Å². The molecule has 0 aliphatic carbocycles. The van der Waals surface area contributed by atoms with Gasteiger partial charge in [-0.25, -0.2) is 4.98 Å². The number of aryl methyl sites for hydroxylation is 3. The van der Waals surface area contributed by atoms with Crippen molar-refractivity contribution in [1.82, 2.24) is 9.97 Å². The largest absolute Gasteiger partial charge is 0.462 e. The van der Waals surface area contributed by atoms with Crippen LogP contribution in [0.2, 0.25) is 0 Å². The number of rotatable bonds is 2. The molecule has 6 heteroatoms. The van der Waals surface area contributed by atoms with Gasteiger partial charge < -0.3 is 9.40 Å². The lowest BCUT2D eigenvalue weighted by Crippen LogP contribution is -2.10. The highest BCUT2D eigenvalue weighted by Gasteiger charge is 2.14. The van der Waals surface area contributed by atoms with Gasteiger partial charge in [0.05, 0.1) is 11.0 Å². The molecule has 3 aromatic heterocycles. The Morgan fingerprint density at radius 3 is 2.82 bits per heavy atom. The maximum Gasteiger partial charge on any atom is 0.260 e. The topological polar surface area (TPSA) is 82.7 Å². The third-order valence-corrected chi connectivity index (χ3v) is 4.56. The number of hydrogen-bond donors (Lipinski definition) is 1. The van der Waals surface area contributed by atoms with Crippen LogP contribution in [0.5, 0.6) is 0 Å². The van der Waals surface area contributed by atoms with Crippen LogP contribution < -0.4 is 5.56 Å².